The van der Waals surface area contributed by atoms with Crippen molar-refractivity contribution in [3.63, 3.8) is 0 Å². The van der Waals surface area contributed by atoms with E-state index >= 15 is 0 Å². The first-order valence-electron chi connectivity index (χ1n) is 9.24. The number of carbonyl (C=O) groups is 1. The number of sulfonamides is 1. The lowest BCUT2D eigenvalue weighted by atomic mass is 9.91. The van der Waals surface area contributed by atoms with Crippen molar-refractivity contribution in [2.75, 3.05) is 19.7 Å². The minimum absolute atomic E-state index is 0.00814. The quantitative estimate of drug-likeness (QED) is 0.649. The number of carbonyl (C=O) groups excluding carboxylic acids is 1. The molecule has 0 radical (unpaired) electrons. The Labute approximate surface area is 184 Å². The van der Waals surface area contributed by atoms with Gasteiger partial charge in [-0.15, -0.1) is 0 Å². The molecule has 1 aromatic carbocycles. The predicted octanol–water partition coefficient (Wildman–Crippen LogP) is 4.36. The van der Waals surface area contributed by atoms with Gasteiger partial charge in [-0.05, 0) is 25.0 Å². The van der Waals surface area contributed by atoms with E-state index in [9.17, 15) is 13.2 Å². The number of cyclic esters (lactones) is 1. The minimum Gasteiger partial charge on any atom is -0.449 e. The third-order valence-electron chi connectivity index (χ3n) is 5.53. The highest BCUT2D eigenvalue weighted by atomic mass is 35.5. The summed E-state index contributed by atoms with van der Waals surface area (Å²) in [6, 6.07) is 2.56. The number of ether oxygens (including phenoxy) is 1. The van der Waals surface area contributed by atoms with Gasteiger partial charge in [-0.25, -0.2) is 13.2 Å². The van der Waals surface area contributed by atoms with Crippen molar-refractivity contribution in [2.24, 2.45) is 5.92 Å². The number of hydrogen-bond donors (Lipinski definition) is 0. The van der Waals surface area contributed by atoms with Crippen molar-refractivity contribution in [2.45, 2.75) is 29.8 Å². The average molecular weight is 478 g/mol. The molecule has 2 saturated heterocycles. The van der Waals surface area contributed by atoms with Crippen molar-refractivity contribution >= 4 is 50.9 Å². The molecule has 0 N–H and O–H groups in total. The first kappa shape index (κ1) is 21.0. The zero-order valence-corrected chi connectivity index (χ0v) is 18.4. The van der Waals surface area contributed by atoms with E-state index < -0.39 is 10.0 Å². The van der Waals surface area contributed by atoms with Crippen molar-refractivity contribution in [3.05, 3.63) is 51.5 Å². The maximum atomic E-state index is 13.1. The van der Waals surface area contributed by atoms with Crippen LogP contribution in [0, 0.1) is 5.92 Å². The molecular formula is C19H19Cl3N2O4S. The minimum atomic E-state index is -3.88. The van der Waals surface area contributed by atoms with Gasteiger partial charge in [0.1, 0.15) is 11.5 Å². The summed E-state index contributed by atoms with van der Waals surface area (Å²) in [6.45, 7) is 0.869. The van der Waals surface area contributed by atoms with Gasteiger partial charge in [0.2, 0.25) is 10.0 Å². The van der Waals surface area contributed by atoms with Crippen molar-refractivity contribution in [1.82, 2.24) is 9.21 Å². The largest absolute Gasteiger partial charge is 0.449 e. The molecule has 1 aromatic rings. The number of halogens is 3. The topological polar surface area (TPSA) is 66.9 Å². The fourth-order valence-electron chi connectivity index (χ4n) is 4.12. The Balaban J connectivity index is 1.51. The van der Waals surface area contributed by atoms with Crippen LogP contribution in [-0.4, -0.2) is 55.5 Å². The molecule has 0 bridgehead atoms. The van der Waals surface area contributed by atoms with E-state index in [4.69, 9.17) is 39.5 Å². The van der Waals surface area contributed by atoms with E-state index in [2.05, 4.69) is 0 Å². The molecule has 29 heavy (non-hydrogen) atoms. The molecule has 3 aliphatic rings. The highest BCUT2D eigenvalue weighted by Gasteiger charge is 2.42. The molecule has 2 atom stereocenters. The van der Waals surface area contributed by atoms with Gasteiger partial charge in [-0.2, -0.15) is 4.31 Å². The van der Waals surface area contributed by atoms with Crippen LogP contribution in [0.2, 0.25) is 15.1 Å². The fraction of sp³-hybridized carbons (Fsp3) is 0.421. The average Bonchev–Trinajstić information content (AvgIpc) is 2.67. The third kappa shape index (κ3) is 3.91. The number of rotatable bonds is 3. The maximum absolute atomic E-state index is 13.1. The second-order valence-electron chi connectivity index (χ2n) is 7.24. The third-order valence-corrected chi connectivity index (χ3v) is 8.56. The zero-order chi connectivity index (χ0) is 20.8. The van der Waals surface area contributed by atoms with Crippen LogP contribution in [0.25, 0.3) is 0 Å². The number of nitrogens with zero attached hydrogens (tertiary/aromatic N) is 2. The van der Waals surface area contributed by atoms with Crippen LogP contribution in [0.15, 0.2) is 41.3 Å². The molecule has 4 rings (SSSR count). The van der Waals surface area contributed by atoms with Crippen LogP contribution >= 0.6 is 34.8 Å². The van der Waals surface area contributed by atoms with Crippen LogP contribution < -0.4 is 0 Å². The van der Waals surface area contributed by atoms with Gasteiger partial charge in [-0.1, -0.05) is 59.1 Å². The van der Waals surface area contributed by atoms with E-state index in [1.807, 2.05) is 24.3 Å². The van der Waals surface area contributed by atoms with Crippen LogP contribution in [0.4, 0.5) is 4.79 Å². The summed E-state index contributed by atoms with van der Waals surface area (Å²) >= 11 is 18.1. The smallest absolute Gasteiger partial charge is 0.410 e. The van der Waals surface area contributed by atoms with E-state index in [1.165, 1.54) is 16.4 Å². The molecule has 0 aromatic heterocycles. The lowest BCUT2D eigenvalue weighted by molar-refractivity contribution is 0.00619. The first-order chi connectivity index (χ1) is 13.8. The highest BCUT2D eigenvalue weighted by molar-refractivity contribution is 7.89. The Hall–Kier alpha value is -1.25. The Morgan fingerprint density at radius 3 is 2.28 bits per heavy atom. The number of fused-ring (bicyclic) bond motifs is 1. The second-order valence-corrected chi connectivity index (χ2v) is 10.4. The van der Waals surface area contributed by atoms with Gasteiger partial charge in [0.15, 0.2) is 0 Å². The summed E-state index contributed by atoms with van der Waals surface area (Å²) < 4.78 is 32.9. The van der Waals surface area contributed by atoms with E-state index in [0.29, 0.717) is 19.4 Å². The summed E-state index contributed by atoms with van der Waals surface area (Å²) in [5.41, 5.74) is 0. The van der Waals surface area contributed by atoms with Crippen LogP contribution in [-0.2, 0) is 14.8 Å². The van der Waals surface area contributed by atoms with E-state index in [-0.39, 0.29) is 57.1 Å². The molecule has 10 heteroatoms. The van der Waals surface area contributed by atoms with Gasteiger partial charge in [0.05, 0.1) is 16.1 Å². The molecule has 6 nitrogen and oxygen atoms in total. The lowest BCUT2D eigenvalue weighted by Crippen LogP contribution is -2.57. The maximum Gasteiger partial charge on any atom is 0.410 e. The molecule has 2 unspecified atom stereocenters. The predicted molar refractivity (Wildman–Crippen MR) is 112 cm³/mol. The number of allylic oxidation sites excluding steroid dienone is 2. The van der Waals surface area contributed by atoms with Crippen molar-refractivity contribution in [3.8, 4) is 0 Å². The Bertz CT molecular complexity index is 964. The Morgan fingerprint density at radius 2 is 1.62 bits per heavy atom. The van der Waals surface area contributed by atoms with Gasteiger partial charge in [0.25, 0.3) is 0 Å². The number of piperidine rings is 1. The molecule has 0 spiro atoms. The molecule has 2 aliphatic heterocycles. The van der Waals surface area contributed by atoms with Crippen LogP contribution in [0.3, 0.4) is 0 Å². The number of hydrogen-bond acceptors (Lipinski definition) is 4. The van der Waals surface area contributed by atoms with E-state index in [0.717, 1.165) is 0 Å². The molecule has 1 aliphatic carbocycles. The monoisotopic (exact) mass is 476 g/mol. The van der Waals surface area contributed by atoms with E-state index in [1.54, 1.807) is 4.90 Å². The summed E-state index contributed by atoms with van der Waals surface area (Å²) in [5, 5.41) is 0.253. The molecule has 0 saturated carbocycles. The molecule has 2 heterocycles. The Kier molecular flexibility index (Phi) is 5.88. The zero-order valence-electron chi connectivity index (χ0n) is 15.3. The molecular weight excluding hydrogens is 459 g/mol. The molecule has 2 fully saturated rings. The van der Waals surface area contributed by atoms with Gasteiger partial charge < -0.3 is 4.74 Å². The highest BCUT2D eigenvalue weighted by Crippen LogP contribution is 2.36. The van der Waals surface area contributed by atoms with Gasteiger partial charge in [-0.3, -0.25) is 4.90 Å². The number of amides is 1. The van der Waals surface area contributed by atoms with Gasteiger partial charge >= 0.3 is 6.09 Å². The Morgan fingerprint density at radius 1 is 1.00 bits per heavy atom. The second kappa shape index (κ2) is 8.12. The molecule has 156 valence electrons. The lowest BCUT2D eigenvalue weighted by Gasteiger charge is -2.45. The standard InChI is InChI=1S/C19H19Cl3N2O4S/c20-13-9-15(21)18(16(22)10-13)29(26,27)23-7-5-14(6-8-23)24-17-4-2-1-3-12(17)11-28-19(24)25/h1-4,9-10,12,14,17H,5-8,11H2. The summed E-state index contributed by atoms with van der Waals surface area (Å²) in [4.78, 5) is 14.0. The summed E-state index contributed by atoms with van der Waals surface area (Å²) in [7, 11) is -3.88. The number of benzene rings is 1. The summed E-state index contributed by atoms with van der Waals surface area (Å²) in [6.07, 6.45) is 8.56. The van der Waals surface area contributed by atoms with Crippen molar-refractivity contribution in [1.29, 1.82) is 0 Å². The van der Waals surface area contributed by atoms with Crippen molar-refractivity contribution < 1.29 is 17.9 Å². The summed E-state index contributed by atoms with van der Waals surface area (Å²) in [5.74, 6) is 0.117. The SMILES string of the molecule is O=C1OCC2C=CC=CC2N1C1CCN(S(=O)(=O)c2c(Cl)cc(Cl)cc2Cl)CC1. The first-order valence-corrected chi connectivity index (χ1v) is 11.8. The van der Waals surface area contributed by atoms with Crippen LogP contribution in [0.5, 0.6) is 0 Å². The normalized spacial score (nSPS) is 25.8. The van der Waals surface area contributed by atoms with Crippen LogP contribution in [0.1, 0.15) is 12.8 Å². The molecule has 1 amide bonds. The van der Waals surface area contributed by atoms with Gasteiger partial charge in [0, 0.05) is 30.1 Å². The fourth-order valence-corrected chi connectivity index (χ4v) is 7.08.